The van der Waals surface area contributed by atoms with Crippen molar-refractivity contribution < 1.29 is 48.7 Å². The minimum Gasteiger partial charge on any atom is -0.459 e. The van der Waals surface area contributed by atoms with Crippen molar-refractivity contribution in [3.8, 4) is 0 Å². The van der Waals surface area contributed by atoms with Crippen LogP contribution in [-0.2, 0) is 39.8 Å². The van der Waals surface area contributed by atoms with E-state index in [9.17, 15) is 29.7 Å². The number of nitrogens with one attached hydrogen (secondary N) is 1. The lowest BCUT2D eigenvalue weighted by molar-refractivity contribution is -0.309. The van der Waals surface area contributed by atoms with Crippen LogP contribution in [0.4, 0.5) is 0 Å². The maximum atomic E-state index is 14.0. The first-order chi connectivity index (χ1) is 26.3. The molecule has 1 amide bonds. The Morgan fingerprint density at radius 3 is 2.58 bits per heavy atom. The second kappa shape index (κ2) is 21.4. The van der Waals surface area contributed by atoms with Crippen molar-refractivity contribution in [2.75, 3.05) is 41.3 Å². The van der Waals surface area contributed by atoms with E-state index in [0.29, 0.717) is 32.4 Å². The second-order valence-electron chi connectivity index (χ2n) is 15.7. The van der Waals surface area contributed by atoms with E-state index in [1.807, 2.05) is 49.3 Å². The SMILES string of the molecule is CCC(=O)O[C@@H]1CC(=O)NC(CCCc2cnc3ccccc3c2)CCN(C)C[C@H](O)[C@H](C)C[C@H](CC=O)[C@H](O[C@@H]2OC(C)[C@@H](O)C(N(C)C)C2O)[C@H]1OC. The van der Waals surface area contributed by atoms with Crippen molar-refractivity contribution in [3.63, 3.8) is 0 Å². The zero-order valence-electron chi connectivity index (χ0n) is 33.6. The highest BCUT2D eigenvalue weighted by molar-refractivity contribution is 5.79. The van der Waals surface area contributed by atoms with Gasteiger partial charge in [-0.05, 0) is 96.2 Å². The first kappa shape index (κ1) is 44.6. The van der Waals surface area contributed by atoms with Gasteiger partial charge < -0.3 is 54.2 Å². The van der Waals surface area contributed by atoms with Gasteiger partial charge in [0.25, 0.3) is 0 Å². The number of esters is 1. The molecule has 4 N–H and O–H groups in total. The van der Waals surface area contributed by atoms with E-state index in [1.54, 1.807) is 32.8 Å². The molecule has 1 aromatic heterocycles. The molecule has 12 atom stereocenters. The normalized spacial score (nSPS) is 33.4. The van der Waals surface area contributed by atoms with Crippen LogP contribution in [0.5, 0.6) is 0 Å². The summed E-state index contributed by atoms with van der Waals surface area (Å²) in [5.74, 6) is -1.81. The molecule has 2 aromatic rings. The molecule has 14 nitrogen and oxygen atoms in total. The minimum absolute atomic E-state index is 0.00896. The summed E-state index contributed by atoms with van der Waals surface area (Å²) in [5, 5.41) is 38.1. The zero-order chi connectivity index (χ0) is 40.2. The van der Waals surface area contributed by atoms with Gasteiger partial charge in [0, 0.05) is 44.1 Å². The van der Waals surface area contributed by atoms with Gasteiger partial charge in [-0.15, -0.1) is 0 Å². The van der Waals surface area contributed by atoms with Gasteiger partial charge in [0.05, 0.1) is 42.4 Å². The number of aliphatic hydroxyl groups is 3. The molecule has 1 aromatic carbocycles. The van der Waals surface area contributed by atoms with E-state index in [2.05, 4.69) is 16.4 Å². The number of aromatic nitrogens is 1. The Balaban J connectivity index is 1.65. The first-order valence-corrected chi connectivity index (χ1v) is 19.7. The summed E-state index contributed by atoms with van der Waals surface area (Å²) in [5.41, 5.74) is 2.04. The molecule has 0 aliphatic carbocycles. The highest BCUT2D eigenvalue weighted by Gasteiger charge is 2.48. The van der Waals surface area contributed by atoms with Crippen molar-refractivity contribution in [3.05, 3.63) is 42.1 Å². The van der Waals surface area contributed by atoms with Crippen molar-refractivity contribution in [2.45, 2.75) is 133 Å². The number of carbonyl (C=O) groups excluding carboxylic acids is 3. The smallest absolute Gasteiger partial charge is 0.305 e. The lowest BCUT2D eigenvalue weighted by Gasteiger charge is -2.47. The van der Waals surface area contributed by atoms with E-state index >= 15 is 0 Å². The maximum absolute atomic E-state index is 14.0. The molecule has 308 valence electrons. The number of pyridine rings is 1. The topological polar surface area (TPSA) is 180 Å². The fourth-order valence-electron chi connectivity index (χ4n) is 7.98. The van der Waals surface area contributed by atoms with Gasteiger partial charge >= 0.3 is 5.97 Å². The number of β-amino-alcohol motifs (C(OH)–C–C–N with tert-alkyl or cyclic N) is 1. The molecule has 0 spiro atoms. The lowest BCUT2D eigenvalue weighted by atomic mass is 9.82. The Morgan fingerprint density at radius 2 is 1.89 bits per heavy atom. The third-order valence-electron chi connectivity index (χ3n) is 11.2. The van der Waals surface area contributed by atoms with E-state index in [-0.39, 0.29) is 37.1 Å². The molecule has 14 heteroatoms. The molecule has 55 heavy (non-hydrogen) atoms. The summed E-state index contributed by atoms with van der Waals surface area (Å²) in [6.45, 7) is 6.21. The average Bonchev–Trinajstić information content (AvgIpc) is 3.14. The van der Waals surface area contributed by atoms with E-state index in [1.165, 1.54) is 7.11 Å². The van der Waals surface area contributed by atoms with Crippen LogP contribution < -0.4 is 5.32 Å². The number of benzene rings is 1. The zero-order valence-corrected chi connectivity index (χ0v) is 33.6. The number of hydrogen-bond acceptors (Lipinski definition) is 13. The van der Waals surface area contributed by atoms with Gasteiger partial charge in [0.1, 0.15) is 24.6 Å². The Bertz CT molecular complexity index is 1510. The number of likely N-dealkylation sites (N-methyl/N-ethyl adjacent to an activating group) is 2. The fraction of sp³-hybridized carbons (Fsp3) is 0.707. The van der Waals surface area contributed by atoms with Crippen molar-refractivity contribution in [2.24, 2.45) is 11.8 Å². The number of nitrogens with zero attached hydrogens (tertiary/aromatic N) is 3. The third kappa shape index (κ3) is 12.5. The molecule has 2 aliphatic heterocycles. The average molecular weight is 773 g/mol. The molecule has 3 heterocycles. The molecule has 2 saturated heterocycles. The quantitative estimate of drug-likeness (QED) is 0.183. The molecule has 0 radical (unpaired) electrons. The highest BCUT2D eigenvalue weighted by atomic mass is 16.7. The number of aliphatic hydroxyl groups excluding tert-OH is 3. The standard InChI is InChI=1S/C41H64N4O10/c1-8-35(49)54-33-22-34(48)43-30(14-11-12-27-21-28-13-9-10-15-31(28)42-23-27)16-18-45(6)24-32(47)25(2)20-29(17-19-46)39(40(33)52-7)55-41-38(51)36(44(4)5)37(50)26(3)53-41/h9-10,13,15,19,21,23,25-26,29-30,32-33,36-41,47,50-51H,8,11-12,14,16-18,20,22,24H2,1-7H3,(H,43,48)/t25-,26?,29+,30?,32+,33-,36?,37-,38?,39+,40+,41+/m1/s1. The predicted octanol–water partition coefficient (Wildman–Crippen LogP) is 2.48. The minimum atomic E-state index is -1.31. The molecule has 4 unspecified atom stereocenters. The number of aldehydes is 1. The molecule has 0 saturated carbocycles. The number of aryl methyl sites for hydroxylation is 1. The molecular weight excluding hydrogens is 708 g/mol. The number of methoxy groups -OCH3 is 1. The molecule has 0 bridgehead atoms. The monoisotopic (exact) mass is 772 g/mol. The second-order valence-corrected chi connectivity index (χ2v) is 15.7. The van der Waals surface area contributed by atoms with Crippen LogP contribution in [0.2, 0.25) is 0 Å². The number of para-hydroxylation sites is 1. The molecule has 2 aliphatic rings. The van der Waals surface area contributed by atoms with Gasteiger partial charge in [0.15, 0.2) is 6.29 Å². The van der Waals surface area contributed by atoms with Crippen LogP contribution in [-0.4, -0.2) is 151 Å². The van der Waals surface area contributed by atoms with Gasteiger partial charge in [-0.3, -0.25) is 14.6 Å². The van der Waals surface area contributed by atoms with E-state index in [0.717, 1.165) is 35.6 Å². The van der Waals surface area contributed by atoms with Crippen LogP contribution in [0.3, 0.4) is 0 Å². The number of hydrogen-bond donors (Lipinski definition) is 4. The summed E-state index contributed by atoms with van der Waals surface area (Å²) in [6.07, 6.45) is -2.74. The van der Waals surface area contributed by atoms with Crippen LogP contribution in [0.25, 0.3) is 10.9 Å². The number of ether oxygens (including phenoxy) is 4. The Morgan fingerprint density at radius 1 is 1.15 bits per heavy atom. The maximum Gasteiger partial charge on any atom is 0.305 e. The Labute approximate surface area is 325 Å². The summed E-state index contributed by atoms with van der Waals surface area (Å²) in [7, 11) is 6.82. The predicted molar refractivity (Wildman–Crippen MR) is 207 cm³/mol. The van der Waals surface area contributed by atoms with Crippen LogP contribution in [0.1, 0.15) is 71.3 Å². The van der Waals surface area contributed by atoms with Crippen LogP contribution in [0, 0.1) is 11.8 Å². The van der Waals surface area contributed by atoms with Crippen LogP contribution in [0.15, 0.2) is 36.5 Å². The Hall–Kier alpha value is -3.08. The van der Waals surface area contributed by atoms with Gasteiger partial charge in [-0.2, -0.15) is 0 Å². The summed E-state index contributed by atoms with van der Waals surface area (Å²) < 4.78 is 24.6. The number of rotatable bonds is 12. The molecule has 2 fully saturated rings. The highest BCUT2D eigenvalue weighted by Crippen LogP contribution is 2.34. The van der Waals surface area contributed by atoms with Crippen molar-refractivity contribution in [1.29, 1.82) is 0 Å². The van der Waals surface area contributed by atoms with Gasteiger partial charge in [0.2, 0.25) is 5.91 Å². The van der Waals surface area contributed by atoms with Crippen LogP contribution >= 0.6 is 0 Å². The molecular formula is C41H64N4O10. The third-order valence-corrected chi connectivity index (χ3v) is 11.2. The Kier molecular flexibility index (Phi) is 17.4. The first-order valence-electron chi connectivity index (χ1n) is 19.7. The van der Waals surface area contributed by atoms with Crippen molar-refractivity contribution >= 4 is 29.1 Å². The summed E-state index contributed by atoms with van der Waals surface area (Å²) >= 11 is 0. The van der Waals surface area contributed by atoms with E-state index in [4.69, 9.17) is 18.9 Å². The summed E-state index contributed by atoms with van der Waals surface area (Å²) in [6, 6.07) is 9.15. The van der Waals surface area contributed by atoms with Crippen molar-refractivity contribution in [1.82, 2.24) is 20.1 Å². The number of carbonyl (C=O) groups is 3. The lowest BCUT2D eigenvalue weighted by Crippen LogP contribution is -2.63. The fourth-order valence-corrected chi connectivity index (χ4v) is 7.98. The van der Waals surface area contributed by atoms with Gasteiger partial charge in [-0.1, -0.05) is 32.0 Å². The molecule has 4 rings (SSSR count). The van der Waals surface area contributed by atoms with E-state index < -0.39 is 66.9 Å². The largest absolute Gasteiger partial charge is 0.459 e. The summed E-state index contributed by atoms with van der Waals surface area (Å²) in [4.78, 5) is 47.5. The van der Waals surface area contributed by atoms with Gasteiger partial charge in [-0.25, -0.2) is 0 Å². The number of fused-ring (bicyclic) bond motifs is 1. The number of amides is 1.